The minimum absolute atomic E-state index is 0.206. The minimum atomic E-state index is -0.654. The largest absolute Gasteiger partial charge is 0.387 e. The number of hydrogen-bond acceptors (Lipinski definition) is 4. The highest BCUT2D eigenvalue weighted by Crippen LogP contribution is 2.15. The number of aryl methyl sites for hydroxylation is 1. The molecule has 2 N–H and O–H groups in total. The number of aliphatic hydroxyl groups is 1. The van der Waals surface area contributed by atoms with Crippen molar-refractivity contribution < 1.29 is 9.90 Å². The molecule has 0 bridgehead atoms. The molecule has 3 rings (SSSR count). The van der Waals surface area contributed by atoms with Crippen molar-refractivity contribution in [3.63, 3.8) is 0 Å². The number of hydrogen-bond donors (Lipinski definition) is 2. The number of fused-ring (bicyclic) bond motifs is 1. The number of nitrogens with one attached hydrogen (secondary N) is 1. The van der Waals surface area contributed by atoms with Crippen molar-refractivity contribution in [1.82, 2.24) is 19.8 Å². The van der Waals surface area contributed by atoms with Crippen LogP contribution in [-0.2, 0) is 0 Å². The molecule has 2 aromatic heterocycles. The van der Waals surface area contributed by atoms with Gasteiger partial charge in [-0.1, -0.05) is 23.8 Å². The number of aromatic nitrogens is 4. The SMILES string of the molecule is Cc1cccc(C(=O)c2nnc3cc(C(C)O)[nH]n23)c1. The zero-order valence-corrected chi connectivity index (χ0v) is 11.2. The first-order valence-corrected chi connectivity index (χ1v) is 6.30. The summed E-state index contributed by atoms with van der Waals surface area (Å²) < 4.78 is 1.49. The summed E-state index contributed by atoms with van der Waals surface area (Å²) in [6, 6.07) is 8.98. The monoisotopic (exact) mass is 270 g/mol. The van der Waals surface area contributed by atoms with Crippen LogP contribution in [0.1, 0.15) is 40.5 Å². The number of benzene rings is 1. The molecular weight excluding hydrogens is 256 g/mol. The highest BCUT2D eigenvalue weighted by Gasteiger charge is 2.19. The van der Waals surface area contributed by atoms with Crippen LogP contribution in [0.5, 0.6) is 0 Å². The topological polar surface area (TPSA) is 83.3 Å². The van der Waals surface area contributed by atoms with E-state index in [1.165, 1.54) is 4.52 Å². The van der Waals surface area contributed by atoms with Gasteiger partial charge in [-0.05, 0) is 19.9 Å². The lowest BCUT2D eigenvalue weighted by molar-refractivity contribution is 0.102. The van der Waals surface area contributed by atoms with E-state index >= 15 is 0 Å². The van der Waals surface area contributed by atoms with Gasteiger partial charge in [0.05, 0.1) is 11.8 Å². The summed E-state index contributed by atoms with van der Waals surface area (Å²) in [7, 11) is 0. The molecule has 2 heterocycles. The first kappa shape index (κ1) is 12.6. The molecule has 0 aliphatic carbocycles. The maximum atomic E-state index is 12.4. The molecule has 0 saturated heterocycles. The molecule has 20 heavy (non-hydrogen) atoms. The molecule has 0 spiro atoms. The predicted molar refractivity (Wildman–Crippen MR) is 72.6 cm³/mol. The molecule has 0 fully saturated rings. The highest BCUT2D eigenvalue weighted by molar-refractivity contribution is 6.06. The highest BCUT2D eigenvalue weighted by atomic mass is 16.3. The third kappa shape index (κ3) is 2.00. The smallest absolute Gasteiger partial charge is 0.232 e. The number of nitrogens with zero attached hydrogens (tertiary/aromatic N) is 3. The lowest BCUT2D eigenvalue weighted by Crippen LogP contribution is -2.08. The predicted octanol–water partition coefficient (Wildman–Crippen LogP) is 1.65. The van der Waals surface area contributed by atoms with Crippen LogP contribution in [0.4, 0.5) is 0 Å². The molecule has 6 heteroatoms. The lowest BCUT2D eigenvalue weighted by Gasteiger charge is -2.01. The third-order valence-electron chi connectivity index (χ3n) is 3.15. The number of carbonyl (C=O) groups excluding carboxylic acids is 1. The van der Waals surface area contributed by atoms with Crippen molar-refractivity contribution in [2.45, 2.75) is 20.0 Å². The second-order valence-electron chi connectivity index (χ2n) is 4.80. The van der Waals surface area contributed by atoms with Crippen LogP contribution < -0.4 is 0 Å². The maximum absolute atomic E-state index is 12.4. The zero-order chi connectivity index (χ0) is 14.3. The van der Waals surface area contributed by atoms with Gasteiger partial charge < -0.3 is 5.11 Å². The fourth-order valence-electron chi connectivity index (χ4n) is 2.08. The van der Waals surface area contributed by atoms with Crippen LogP contribution in [0.2, 0.25) is 0 Å². The number of ketones is 1. The van der Waals surface area contributed by atoms with Crippen LogP contribution in [0.25, 0.3) is 5.65 Å². The normalized spacial score (nSPS) is 12.8. The number of rotatable bonds is 3. The van der Waals surface area contributed by atoms with Gasteiger partial charge in [0, 0.05) is 11.6 Å². The van der Waals surface area contributed by atoms with Crippen LogP contribution in [0.15, 0.2) is 30.3 Å². The summed E-state index contributed by atoms with van der Waals surface area (Å²) in [4.78, 5) is 12.4. The Morgan fingerprint density at radius 1 is 1.35 bits per heavy atom. The number of H-pyrrole nitrogens is 1. The number of aromatic amines is 1. The average Bonchev–Trinajstić information content (AvgIpc) is 2.97. The Morgan fingerprint density at radius 3 is 2.85 bits per heavy atom. The molecule has 102 valence electrons. The Bertz CT molecular complexity index is 785. The Hall–Kier alpha value is -2.47. The average molecular weight is 270 g/mol. The first-order chi connectivity index (χ1) is 9.56. The second-order valence-corrected chi connectivity index (χ2v) is 4.80. The van der Waals surface area contributed by atoms with E-state index in [2.05, 4.69) is 15.3 Å². The summed E-state index contributed by atoms with van der Waals surface area (Å²) in [5.41, 5.74) is 2.67. The van der Waals surface area contributed by atoms with E-state index in [0.29, 0.717) is 16.9 Å². The summed E-state index contributed by atoms with van der Waals surface area (Å²) in [6.07, 6.45) is -0.654. The quantitative estimate of drug-likeness (QED) is 0.709. The fourth-order valence-corrected chi connectivity index (χ4v) is 2.08. The van der Waals surface area contributed by atoms with Crippen molar-refractivity contribution in [3.05, 3.63) is 53.0 Å². The van der Waals surface area contributed by atoms with Gasteiger partial charge in [0.1, 0.15) is 0 Å². The standard InChI is InChI=1S/C14H14N4O2/c1-8-4-3-5-10(6-8)13(20)14-16-15-12-7-11(9(2)19)17-18(12)14/h3-7,9,17,19H,1-2H3. The van der Waals surface area contributed by atoms with Gasteiger partial charge in [-0.2, -0.15) is 0 Å². The van der Waals surface area contributed by atoms with Gasteiger partial charge in [-0.15, -0.1) is 10.2 Å². The van der Waals surface area contributed by atoms with E-state index in [0.717, 1.165) is 5.56 Å². The molecule has 0 aliphatic heterocycles. The number of carbonyl (C=O) groups is 1. The van der Waals surface area contributed by atoms with Crippen LogP contribution in [0.3, 0.4) is 0 Å². The van der Waals surface area contributed by atoms with Crippen LogP contribution >= 0.6 is 0 Å². The van der Waals surface area contributed by atoms with Gasteiger partial charge in [0.15, 0.2) is 5.65 Å². The Balaban J connectivity index is 2.07. The van der Waals surface area contributed by atoms with E-state index < -0.39 is 6.10 Å². The Labute approximate surface area is 115 Å². The van der Waals surface area contributed by atoms with E-state index in [-0.39, 0.29) is 11.6 Å². The molecule has 1 unspecified atom stereocenters. The van der Waals surface area contributed by atoms with Crippen LogP contribution in [-0.4, -0.2) is 30.7 Å². The molecule has 6 nitrogen and oxygen atoms in total. The van der Waals surface area contributed by atoms with Gasteiger partial charge in [-0.25, -0.2) is 4.52 Å². The molecule has 0 radical (unpaired) electrons. The molecule has 3 aromatic rings. The summed E-state index contributed by atoms with van der Waals surface area (Å²) >= 11 is 0. The third-order valence-corrected chi connectivity index (χ3v) is 3.15. The molecule has 0 saturated carbocycles. The maximum Gasteiger partial charge on any atom is 0.232 e. The van der Waals surface area contributed by atoms with Crippen molar-refractivity contribution in [3.8, 4) is 0 Å². The summed E-state index contributed by atoms with van der Waals surface area (Å²) in [6.45, 7) is 3.57. The van der Waals surface area contributed by atoms with Gasteiger partial charge in [0.2, 0.25) is 11.6 Å². The molecule has 0 aliphatic rings. The molecule has 0 amide bonds. The van der Waals surface area contributed by atoms with Gasteiger partial charge in [-0.3, -0.25) is 9.89 Å². The molecular formula is C14H14N4O2. The Kier molecular flexibility index (Phi) is 2.87. The summed E-state index contributed by atoms with van der Waals surface area (Å²) in [5.74, 6) is -0.00214. The zero-order valence-electron chi connectivity index (χ0n) is 11.2. The van der Waals surface area contributed by atoms with Gasteiger partial charge in [0.25, 0.3) is 0 Å². The fraction of sp³-hybridized carbons (Fsp3) is 0.214. The second kappa shape index (κ2) is 4.57. The molecule has 1 aromatic carbocycles. The van der Waals surface area contributed by atoms with E-state index in [9.17, 15) is 9.90 Å². The van der Waals surface area contributed by atoms with Crippen LogP contribution in [0, 0.1) is 6.92 Å². The lowest BCUT2D eigenvalue weighted by atomic mass is 10.1. The van der Waals surface area contributed by atoms with Crippen molar-refractivity contribution >= 4 is 11.4 Å². The Morgan fingerprint density at radius 2 is 2.15 bits per heavy atom. The summed E-state index contributed by atoms with van der Waals surface area (Å²) in [5, 5.41) is 20.3. The van der Waals surface area contributed by atoms with Gasteiger partial charge >= 0.3 is 0 Å². The molecule has 1 atom stereocenters. The van der Waals surface area contributed by atoms with E-state index in [4.69, 9.17) is 0 Å². The van der Waals surface area contributed by atoms with Crippen molar-refractivity contribution in [2.24, 2.45) is 0 Å². The van der Waals surface area contributed by atoms with E-state index in [1.807, 2.05) is 25.1 Å². The van der Waals surface area contributed by atoms with E-state index in [1.54, 1.807) is 19.1 Å². The number of aliphatic hydroxyl groups excluding tert-OH is 1. The first-order valence-electron chi connectivity index (χ1n) is 6.30. The van der Waals surface area contributed by atoms with Crippen molar-refractivity contribution in [1.29, 1.82) is 0 Å². The minimum Gasteiger partial charge on any atom is -0.387 e. The van der Waals surface area contributed by atoms with Crippen molar-refractivity contribution in [2.75, 3.05) is 0 Å².